The fraction of sp³-hybridized carbons (Fsp3) is 0.500. The summed E-state index contributed by atoms with van der Waals surface area (Å²) in [6, 6.07) is 0. The highest BCUT2D eigenvalue weighted by Gasteiger charge is 2.04. The molecule has 0 aliphatic heterocycles. The van der Waals surface area contributed by atoms with E-state index in [2.05, 4.69) is 14.8 Å². The fourth-order valence-corrected chi connectivity index (χ4v) is 0.434. The lowest BCUT2D eigenvalue weighted by Gasteiger charge is -2.03. The van der Waals surface area contributed by atoms with Crippen LogP contribution in [-0.4, -0.2) is 30.6 Å². The van der Waals surface area contributed by atoms with Crippen molar-refractivity contribution in [2.75, 3.05) is 13.3 Å². The van der Waals surface area contributed by atoms with Crippen molar-refractivity contribution in [3.8, 4) is 0 Å². The van der Waals surface area contributed by atoms with Crippen LogP contribution in [0.2, 0.25) is 0 Å². The Bertz CT molecular complexity index is 217. The number of nitrogens with one attached hydrogen (secondary N) is 1. The topological polar surface area (TPSA) is 81.7 Å². The van der Waals surface area contributed by atoms with Gasteiger partial charge in [0.1, 0.15) is 6.54 Å². The molecule has 6 nitrogen and oxygen atoms in total. The van der Waals surface area contributed by atoms with Gasteiger partial charge in [-0.2, -0.15) is 0 Å². The van der Waals surface area contributed by atoms with Gasteiger partial charge in [-0.1, -0.05) is 0 Å². The largest absolute Gasteiger partial charge is 0.426 e. The summed E-state index contributed by atoms with van der Waals surface area (Å²) in [5.41, 5.74) is -1.06. The molecule has 0 atom stereocenters. The van der Waals surface area contributed by atoms with Crippen LogP contribution in [0.5, 0.6) is 0 Å². The van der Waals surface area contributed by atoms with Gasteiger partial charge in [-0.3, -0.25) is 9.59 Å². The number of hydrogen-bond acceptors (Lipinski definition) is 5. The molecule has 0 aliphatic rings. The molecule has 0 saturated carbocycles. The predicted molar refractivity (Wildman–Crippen MR) is 42.0 cm³/mol. The number of esters is 1. The van der Waals surface area contributed by atoms with Crippen molar-refractivity contribution in [3.63, 3.8) is 0 Å². The minimum atomic E-state index is -1.06. The van der Waals surface area contributed by atoms with E-state index < -0.39 is 18.2 Å². The highest BCUT2D eigenvalue weighted by Crippen LogP contribution is 1.87. The third-order valence-corrected chi connectivity index (χ3v) is 0.983. The second-order valence-corrected chi connectivity index (χ2v) is 2.23. The molecule has 0 spiro atoms. The van der Waals surface area contributed by atoms with E-state index in [1.165, 1.54) is 6.92 Å². The lowest BCUT2D eigenvalue weighted by atomic mass is 10.6. The SMILES string of the molecule is CC(=O)NCC(=O)OCOC(=O)Cl. The van der Waals surface area contributed by atoms with Crippen molar-refractivity contribution in [1.29, 1.82) is 0 Å². The molecule has 7 heteroatoms. The van der Waals surface area contributed by atoms with Crippen LogP contribution in [0.1, 0.15) is 6.92 Å². The molecular weight excluding hydrogens is 202 g/mol. The molecule has 0 aromatic carbocycles. The molecule has 0 bridgehead atoms. The normalized spacial score (nSPS) is 8.77. The Hall–Kier alpha value is -1.30. The van der Waals surface area contributed by atoms with Crippen molar-refractivity contribution in [2.24, 2.45) is 0 Å². The van der Waals surface area contributed by atoms with E-state index in [9.17, 15) is 14.4 Å². The zero-order valence-corrected chi connectivity index (χ0v) is 7.59. The number of carbonyl (C=O) groups is 3. The van der Waals surface area contributed by atoms with Gasteiger partial charge in [0.25, 0.3) is 0 Å². The summed E-state index contributed by atoms with van der Waals surface area (Å²) in [6.07, 6.45) is 0. The van der Waals surface area contributed by atoms with Crippen molar-refractivity contribution in [2.45, 2.75) is 6.92 Å². The molecule has 0 unspecified atom stereocenters. The summed E-state index contributed by atoms with van der Waals surface area (Å²) in [6.45, 7) is 0.433. The van der Waals surface area contributed by atoms with Gasteiger partial charge >= 0.3 is 11.4 Å². The summed E-state index contributed by atoms with van der Waals surface area (Å²) in [5.74, 6) is -1.07. The van der Waals surface area contributed by atoms with Crippen molar-refractivity contribution >= 4 is 28.9 Å². The number of ether oxygens (including phenoxy) is 2. The third-order valence-electron chi connectivity index (χ3n) is 0.874. The lowest BCUT2D eigenvalue weighted by molar-refractivity contribution is -0.151. The first-order valence-electron chi connectivity index (χ1n) is 3.24. The van der Waals surface area contributed by atoms with Crippen LogP contribution in [0, 0.1) is 0 Å². The zero-order chi connectivity index (χ0) is 10.3. The monoisotopic (exact) mass is 209 g/mol. The molecule has 0 rings (SSSR count). The molecule has 74 valence electrons. The van der Waals surface area contributed by atoms with Gasteiger partial charge in [0, 0.05) is 18.5 Å². The van der Waals surface area contributed by atoms with Crippen LogP contribution in [0.25, 0.3) is 0 Å². The van der Waals surface area contributed by atoms with Gasteiger partial charge in [-0.15, -0.1) is 0 Å². The summed E-state index contributed by atoms with van der Waals surface area (Å²) < 4.78 is 8.41. The Labute approximate surface area is 79.1 Å². The maximum atomic E-state index is 10.7. The Morgan fingerprint density at radius 2 is 1.92 bits per heavy atom. The Morgan fingerprint density at radius 1 is 1.31 bits per heavy atom. The van der Waals surface area contributed by atoms with E-state index in [-0.39, 0.29) is 12.5 Å². The number of amides is 1. The molecule has 0 heterocycles. The minimum absolute atomic E-state index is 0.269. The first-order chi connectivity index (χ1) is 6.02. The van der Waals surface area contributed by atoms with Gasteiger partial charge in [0.15, 0.2) is 0 Å². The second-order valence-electron chi connectivity index (χ2n) is 1.93. The zero-order valence-electron chi connectivity index (χ0n) is 6.83. The molecule has 0 fully saturated rings. The Morgan fingerprint density at radius 3 is 2.38 bits per heavy atom. The van der Waals surface area contributed by atoms with E-state index in [0.717, 1.165) is 0 Å². The van der Waals surface area contributed by atoms with Crippen LogP contribution in [0.15, 0.2) is 0 Å². The summed E-state index contributed by atoms with van der Waals surface area (Å²) in [5, 5.41) is 2.20. The summed E-state index contributed by atoms with van der Waals surface area (Å²) in [4.78, 5) is 30.9. The predicted octanol–water partition coefficient (Wildman–Crippen LogP) is -0.00140. The highest BCUT2D eigenvalue weighted by atomic mass is 35.5. The maximum absolute atomic E-state index is 10.7. The van der Waals surface area contributed by atoms with E-state index in [1.54, 1.807) is 0 Å². The molecule has 1 N–H and O–H groups in total. The molecule has 0 aromatic heterocycles. The highest BCUT2D eigenvalue weighted by molar-refractivity contribution is 6.61. The summed E-state index contributed by atoms with van der Waals surface area (Å²) in [7, 11) is 0. The number of halogens is 1. The number of hydrogen-bond donors (Lipinski definition) is 1. The van der Waals surface area contributed by atoms with Crippen LogP contribution in [0.4, 0.5) is 4.79 Å². The minimum Gasteiger partial charge on any atom is -0.426 e. The average Bonchev–Trinajstić information content (AvgIpc) is 2.00. The van der Waals surface area contributed by atoms with Crippen molar-refractivity contribution in [1.82, 2.24) is 5.32 Å². The van der Waals surface area contributed by atoms with Gasteiger partial charge in [0.05, 0.1) is 0 Å². The first kappa shape index (κ1) is 11.7. The van der Waals surface area contributed by atoms with Gasteiger partial charge in [-0.25, -0.2) is 4.79 Å². The van der Waals surface area contributed by atoms with Crippen LogP contribution >= 0.6 is 11.6 Å². The van der Waals surface area contributed by atoms with Crippen LogP contribution in [-0.2, 0) is 19.1 Å². The Kier molecular flexibility index (Phi) is 5.62. The molecule has 0 aliphatic carbocycles. The van der Waals surface area contributed by atoms with Gasteiger partial charge in [0.2, 0.25) is 12.7 Å². The maximum Gasteiger partial charge on any atom is 0.406 e. The number of rotatable bonds is 4. The average molecular weight is 210 g/mol. The molecule has 0 saturated heterocycles. The van der Waals surface area contributed by atoms with E-state index in [1.807, 2.05) is 0 Å². The van der Waals surface area contributed by atoms with Crippen LogP contribution < -0.4 is 5.32 Å². The fourth-order valence-electron chi connectivity index (χ4n) is 0.389. The molecule has 1 amide bonds. The second kappa shape index (κ2) is 6.24. The molecule has 13 heavy (non-hydrogen) atoms. The molecule has 0 aromatic rings. The standard InChI is InChI=1S/C6H8ClNO5/c1-4(9)8-2-5(10)12-3-13-6(7)11/h2-3H2,1H3,(H,8,9). The summed E-state index contributed by atoms with van der Waals surface area (Å²) >= 11 is 4.77. The van der Waals surface area contributed by atoms with Crippen LogP contribution in [0.3, 0.4) is 0 Å². The molecular formula is C6H8ClNO5. The van der Waals surface area contributed by atoms with E-state index in [4.69, 9.17) is 11.6 Å². The third kappa shape index (κ3) is 8.61. The van der Waals surface area contributed by atoms with Crippen molar-refractivity contribution in [3.05, 3.63) is 0 Å². The lowest BCUT2D eigenvalue weighted by Crippen LogP contribution is -2.29. The number of carbonyl (C=O) groups excluding carboxylic acids is 3. The quantitative estimate of drug-likeness (QED) is 0.400. The smallest absolute Gasteiger partial charge is 0.406 e. The van der Waals surface area contributed by atoms with E-state index in [0.29, 0.717) is 0 Å². The van der Waals surface area contributed by atoms with Gasteiger partial charge in [-0.05, 0) is 0 Å². The first-order valence-corrected chi connectivity index (χ1v) is 3.62. The van der Waals surface area contributed by atoms with Crippen molar-refractivity contribution < 1.29 is 23.9 Å². The Balaban J connectivity index is 3.41. The molecule has 0 radical (unpaired) electrons. The van der Waals surface area contributed by atoms with Gasteiger partial charge < -0.3 is 14.8 Å². The van der Waals surface area contributed by atoms with E-state index >= 15 is 0 Å².